The lowest BCUT2D eigenvalue weighted by Crippen LogP contribution is -2.13. The van der Waals surface area contributed by atoms with Crippen LogP contribution in [0, 0.1) is 0 Å². The van der Waals surface area contributed by atoms with Gasteiger partial charge in [0, 0.05) is 16.0 Å². The summed E-state index contributed by atoms with van der Waals surface area (Å²) in [5.41, 5.74) is 1.43. The quantitative estimate of drug-likeness (QED) is 0.190. The summed E-state index contributed by atoms with van der Waals surface area (Å²) < 4.78 is 5.83. The van der Waals surface area contributed by atoms with Crippen molar-refractivity contribution in [1.29, 1.82) is 0 Å². The SMILES string of the molecule is CCCCCCC(Sc1cccc(OCCCCl)c1)C(C)c1ccccc1. The highest BCUT2D eigenvalue weighted by Crippen LogP contribution is 2.37. The Morgan fingerprint density at radius 3 is 2.52 bits per heavy atom. The highest BCUT2D eigenvalue weighted by atomic mass is 35.5. The summed E-state index contributed by atoms with van der Waals surface area (Å²) >= 11 is 7.74. The van der Waals surface area contributed by atoms with E-state index in [-0.39, 0.29) is 0 Å². The van der Waals surface area contributed by atoms with E-state index in [2.05, 4.69) is 62.4 Å². The molecule has 2 aromatic carbocycles. The van der Waals surface area contributed by atoms with Gasteiger partial charge in [0.2, 0.25) is 0 Å². The van der Waals surface area contributed by atoms with E-state index in [4.69, 9.17) is 16.3 Å². The fraction of sp³-hybridized carbons (Fsp3) is 0.500. The molecule has 0 radical (unpaired) electrons. The highest BCUT2D eigenvalue weighted by molar-refractivity contribution is 8.00. The summed E-state index contributed by atoms with van der Waals surface area (Å²) in [6.07, 6.45) is 7.38. The standard InChI is InChI=1S/C24H33ClOS/c1-3-4-5-9-16-24(20(2)21-12-7-6-8-13-21)27-23-15-10-14-22(19-23)26-18-11-17-25/h6-8,10,12-15,19-20,24H,3-5,9,11,16-18H2,1-2H3. The molecule has 0 amide bonds. The third-order valence-electron chi connectivity index (χ3n) is 4.86. The van der Waals surface area contributed by atoms with Crippen molar-refractivity contribution >= 4 is 23.4 Å². The first-order valence-corrected chi connectivity index (χ1v) is 11.7. The van der Waals surface area contributed by atoms with Crippen molar-refractivity contribution in [2.45, 2.75) is 68.4 Å². The largest absolute Gasteiger partial charge is 0.494 e. The monoisotopic (exact) mass is 404 g/mol. The second-order valence-electron chi connectivity index (χ2n) is 7.07. The molecule has 0 aliphatic heterocycles. The van der Waals surface area contributed by atoms with Crippen molar-refractivity contribution < 1.29 is 4.74 Å². The minimum absolute atomic E-state index is 0.527. The van der Waals surface area contributed by atoms with Gasteiger partial charge in [-0.2, -0.15) is 0 Å². The van der Waals surface area contributed by atoms with E-state index in [0.717, 1.165) is 12.2 Å². The molecular weight excluding hydrogens is 372 g/mol. The van der Waals surface area contributed by atoms with Gasteiger partial charge in [0.1, 0.15) is 5.75 Å². The molecule has 0 fully saturated rings. The summed E-state index contributed by atoms with van der Waals surface area (Å²) in [6, 6.07) is 19.4. The number of benzene rings is 2. The van der Waals surface area contributed by atoms with Crippen molar-refractivity contribution in [1.82, 2.24) is 0 Å². The predicted octanol–water partition coefficient (Wildman–Crippen LogP) is 7.93. The van der Waals surface area contributed by atoms with Crippen LogP contribution in [0.1, 0.15) is 63.9 Å². The molecule has 2 unspecified atom stereocenters. The normalized spacial score (nSPS) is 13.3. The average Bonchev–Trinajstić information content (AvgIpc) is 2.71. The first kappa shape index (κ1) is 22.2. The van der Waals surface area contributed by atoms with Gasteiger partial charge in [-0.1, -0.05) is 75.9 Å². The lowest BCUT2D eigenvalue weighted by molar-refractivity contribution is 0.317. The van der Waals surface area contributed by atoms with E-state index in [1.165, 1.54) is 42.6 Å². The van der Waals surface area contributed by atoms with Gasteiger partial charge in [-0.3, -0.25) is 0 Å². The molecule has 0 bridgehead atoms. The molecule has 0 heterocycles. The maximum absolute atomic E-state index is 5.83. The van der Waals surface area contributed by atoms with E-state index >= 15 is 0 Å². The van der Waals surface area contributed by atoms with Crippen molar-refractivity contribution in [2.24, 2.45) is 0 Å². The number of ether oxygens (including phenoxy) is 1. The van der Waals surface area contributed by atoms with Crippen LogP contribution in [0.2, 0.25) is 0 Å². The van der Waals surface area contributed by atoms with Crippen LogP contribution >= 0.6 is 23.4 Å². The van der Waals surface area contributed by atoms with Gasteiger partial charge >= 0.3 is 0 Å². The maximum atomic E-state index is 5.83. The fourth-order valence-corrected chi connectivity index (χ4v) is 4.66. The fourth-order valence-electron chi connectivity index (χ4n) is 3.21. The Balaban J connectivity index is 2.05. The van der Waals surface area contributed by atoms with Crippen LogP contribution < -0.4 is 4.74 Å². The second-order valence-corrected chi connectivity index (χ2v) is 8.76. The summed E-state index contributed by atoms with van der Waals surface area (Å²) in [7, 11) is 0. The van der Waals surface area contributed by atoms with E-state index in [0.29, 0.717) is 23.7 Å². The van der Waals surface area contributed by atoms with Crippen molar-refractivity contribution in [3.05, 3.63) is 60.2 Å². The molecule has 27 heavy (non-hydrogen) atoms. The molecule has 148 valence electrons. The van der Waals surface area contributed by atoms with Crippen molar-refractivity contribution in [3.8, 4) is 5.75 Å². The summed E-state index contributed by atoms with van der Waals surface area (Å²) in [6.45, 7) is 5.32. The molecule has 2 atom stereocenters. The number of halogens is 1. The molecule has 0 aliphatic rings. The highest BCUT2D eigenvalue weighted by Gasteiger charge is 2.20. The van der Waals surface area contributed by atoms with E-state index in [1.54, 1.807) is 0 Å². The second kappa shape index (κ2) is 13.1. The van der Waals surface area contributed by atoms with Gasteiger partial charge in [0.15, 0.2) is 0 Å². The number of alkyl halides is 1. The van der Waals surface area contributed by atoms with Crippen molar-refractivity contribution in [3.63, 3.8) is 0 Å². The zero-order valence-electron chi connectivity index (χ0n) is 16.7. The van der Waals surface area contributed by atoms with Gasteiger partial charge in [-0.25, -0.2) is 0 Å². The van der Waals surface area contributed by atoms with Gasteiger partial charge in [-0.05, 0) is 42.5 Å². The smallest absolute Gasteiger partial charge is 0.120 e. The van der Waals surface area contributed by atoms with E-state index < -0.39 is 0 Å². The summed E-state index contributed by atoms with van der Waals surface area (Å²) in [4.78, 5) is 1.29. The summed E-state index contributed by atoms with van der Waals surface area (Å²) in [5, 5.41) is 0.572. The number of thioether (sulfide) groups is 1. The average molecular weight is 405 g/mol. The third kappa shape index (κ3) is 8.19. The molecule has 3 heteroatoms. The Kier molecular flexibility index (Phi) is 10.8. The number of unbranched alkanes of at least 4 members (excludes halogenated alkanes) is 3. The molecule has 0 saturated heterocycles. The number of rotatable bonds is 13. The Morgan fingerprint density at radius 2 is 1.78 bits per heavy atom. The Labute approximate surface area is 174 Å². The Bertz CT molecular complexity index is 631. The zero-order valence-corrected chi connectivity index (χ0v) is 18.3. The first-order valence-electron chi connectivity index (χ1n) is 10.2. The molecular formula is C24H33ClOS. The Hall–Kier alpha value is -1.12. The number of hydrogen-bond acceptors (Lipinski definition) is 2. The molecule has 0 saturated carbocycles. The summed E-state index contributed by atoms with van der Waals surface area (Å²) in [5.74, 6) is 2.11. The molecule has 0 aliphatic carbocycles. The number of hydrogen-bond donors (Lipinski definition) is 0. The van der Waals surface area contributed by atoms with Crippen LogP contribution in [0.25, 0.3) is 0 Å². The van der Waals surface area contributed by atoms with Crippen LogP contribution in [0.15, 0.2) is 59.5 Å². The van der Waals surface area contributed by atoms with Crippen LogP contribution in [-0.2, 0) is 0 Å². The lowest BCUT2D eigenvalue weighted by Gasteiger charge is -2.24. The molecule has 2 rings (SSSR count). The van der Waals surface area contributed by atoms with Crippen LogP contribution in [0.3, 0.4) is 0 Å². The topological polar surface area (TPSA) is 9.23 Å². The van der Waals surface area contributed by atoms with Gasteiger partial charge < -0.3 is 4.74 Å². The van der Waals surface area contributed by atoms with Crippen LogP contribution in [0.4, 0.5) is 0 Å². The van der Waals surface area contributed by atoms with E-state index in [9.17, 15) is 0 Å². The molecule has 0 N–H and O–H groups in total. The first-order chi connectivity index (χ1) is 13.2. The van der Waals surface area contributed by atoms with Gasteiger partial charge in [0.05, 0.1) is 6.61 Å². The van der Waals surface area contributed by atoms with Gasteiger partial charge in [0.25, 0.3) is 0 Å². The predicted molar refractivity (Wildman–Crippen MR) is 121 cm³/mol. The molecule has 0 aromatic heterocycles. The lowest BCUT2D eigenvalue weighted by atomic mass is 9.94. The molecule has 1 nitrogen and oxygen atoms in total. The zero-order chi connectivity index (χ0) is 19.3. The van der Waals surface area contributed by atoms with Crippen LogP contribution in [0.5, 0.6) is 5.75 Å². The molecule has 0 spiro atoms. The van der Waals surface area contributed by atoms with Crippen molar-refractivity contribution in [2.75, 3.05) is 12.5 Å². The van der Waals surface area contributed by atoms with Gasteiger partial charge in [-0.15, -0.1) is 23.4 Å². The minimum atomic E-state index is 0.527. The van der Waals surface area contributed by atoms with E-state index in [1.807, 2.05) is 17.8 Å². The molecule has 2 aromatic rings. The van der Waals surface area contributed by atoms with Crippen LogP contribution in [-0.4, -0.2) is 17.7 Å². The maximum Gasteiger partial charge on any atom is 0.120 e. The Morgan fingerprint density at radius 1 is 0.963 bits per heavy atom. The minimum Gasteiger partial charge on any atom is -0.494 e. The third-order valence-corrected chi connectivity index (χ3v) is 6.60.